The molecule has 0 radical (unpaired) electrons. The van der Waals surface area contributed by atoms with Crippen LogP contribution in [0.3, 0.4) is 0 Å². The average Bonchev–Trinajstić information content (AvgIpc) is 2.07. The fourth-order valence-corrected chi connectivity index (χ4v) is 2.16. The molecule has 1 N–H and O–H groups in total. The van der Waals surface area contributed by atoms with Crippen molar-refractivity contribution in [2.24, 2.45) is 0 Å². The third-order valence-electron chi connectivity index (χ3n) is 1.46. The molecule has 0 saturated carbocycles. The second-order valence-corrected chi connectivity index (χ2v) is 3.98. The lowest BCUT2D eigenvalue weighted by molar-refractivity contribution is 0.195. The second-order valence-electron chi connectivity index (χ2n) is 2.13. The van der Waals surface area contributed by atoms with Gasteiger partial charge >= 0.3 is 6.09 Å². The van der Waals surface area contributed by atoms with Crippen molar-refractivity contribution in [3.05, 3.63) is 14.5 Å². The molecule has 11 heavy (non-hydrogen) atoms. The maximum atomic E-state index is 10.6. The fraction of sp³-hybridized carbons (Fsp3) is 0.333. The zero-order valence-electron chi connectivity index (χ0n) is 6.12. The third kappa shape index (κ3) is 1.34. The number of rotatable bonds is 0. The van der Waals surface area contributed by atoms with Gasteiger partial charge in [0, 0.05) is 10.6 Å². The molecule has 0 aliphatic rings. The molecular formula is C6H7NO2S2. The van der Waals surface area contributed by atoms with Crippen LogP contribution in [0.2, 0.25) is 0 Å². The van der Waals surface area contributed by atoms with Gasteiger partial charge in [-0.05, 0) is 26.1 Å². The Morgan fingerprint density at radius 3 is 2.36 bits per heavy atom. The van der Waals surface area contributed by atoms with Gasteiger partial charge in [0.1, 0.15) is 0 Å². The lowest BCUT2D eigenvalue weighted by Gasteiger charge is -1.95. The summed E-state index contributed by atoms with van der Waals surface area (Å²) in [4.78, 5) is 11.5. The van der Waals surface area contributed by atoms with Gasteiger partial charge in [-0.25, -0.2) is 9.36 Å². The highest BCUT2D eigenvalue weighted by atomic mass is 32.1. The van der Waals surface area contributed by atoms with E-state index in [4.69, 9.17) is 17.3 Å². The molecule has 1 aromatic rings. The lowest BCUT2D eigenvalue weighted by Crippen LogP contribution is -2.09. The van der Waals surface area contributed by atoms with E-state index in [0.29, 0.717) is 9.65 Å². The molecule has 1 rings (SSSR count). The molecule has 0 unspecified atom stereocenters. The van der Waals surface area contributed by atoms with Gasteiger partial charge in [0.15, 0.2) is 3.95 Å². The van der Waals surface area contributed by atoms with Crippen molar-refractivity contribution < 1.29 is 9.90 Å². The molecular weight excluding hydrogens is 182 g/mol. The summed E-state index contributed by atoms with van der Waals surface area (Å²) < 4.78 is 1.52. The van der Waals surface area contributed by atoms with Crippen molar-refractivity contribution in [3.8, 4) is 0 Å². The number of hydrogen-bond acceptors (Lipinski definition) is 3. The van der Waals surface area contributed by atoms with E-state index in [2.05, 4.69) is 0 Å². The maximum absolute atomic E-state index is 10.6. The van der Waals surface area contributed by atoms with Crippen LogP contribution >= 0.6 is 23.6 Å². The SMILES string of the molecule is Cc1sc(=S)n(C(=O)O)c1C. The number of carbonyl (C=O) groups is 1. The second kappa shape index (κ2) is 2.75. The van der Waals surface area contributed by atoms with Crippen molar-refractivity contribution in [2.75, 3.05) is 0 Å². The monoisotopic (exact) mass is 189 g/mol. The zero-order chi connectivity index (χ0) is 8.59. The summed E-state index contributed by atoms with van der Waals surface area (Å²) in [6, 6.07) is 0. The molecule has 0 bridgehead atoms. The van der Waals surface area contributed by atoms with Crippen molar-refractivity contribution in [1.82, 2.24) is 4.57 Å². The smallest absolute Gasteiger partial charge is 0.417 e. The minimum atomic E-state index is -1.00. The highest BCUT2D eigenvalue weighted by molar-refractivity contribution is 7.73. The van der Waals surface area contributed by atoms with E-state index in [1.807, 2.05) is 6.92 Å². The molecule has 3 nitrogen and oxygen atoms in total. The molecule has 0 amide bonds. The van der Waals surface area contributed by atoms with Crippen LogP contribution in [0, 0.1) is 17.8 Å². The summed E-state index contributed by atoms with van der Waals surface area (Å²) in [5, 5.41) is 8.66. The van der Waals surface area contributed by atoms with Crippen LogP contribution < -0.4 is 0 Å². The molecule has 60 valence electrons. The van der Waals surface area contributed by atoms with Gasteiger partial charge in [-0.1, -0.05) is 0 Å². The van der Waals surface area contributed by atoms with Crippen molar-refractivity contribution in [2.45, 2.75) is 13.8 Å². The highest BCUT2D eigenvalue weighted by Crippen LogP contribution is 2.16. The molecule has 0 aliphatic heterocycles. The molecule has 0 spiro atoms. The van der Waals surface area contributed by atoms with E-state index in [9.17, 15) is 4.79 Å². The van der Waals surface area contributed by atoms with Crippen LogP contribution in [0.1, 0.15) is 10.6 Å². The Morgan fingerprint density at radius 1 is 1.64 bits per heavy atom. The number of thiazole rings is 1. The summed E-state index contributed by atoms with van der Waals surface area (Å²) >= 11 is 6.16. The normalized spacial score (nSPS) is 10.0. The molecule has 5 heteroatoms. The Morgan fingerprint density at radius 2 is 2.18 bits per heavy atom. The third-order valence-corrected chi connectivity index (χ3v) is 2.85. The number of hydrogen-bond donors (Lipinski definition) is 1. The van der Waals surface area contributed by atoms with Crippen LogP contribution in [0.25, 0.3) is 0 Å². The zero-order valence-corrected chi connectivity index (χ0v) is 7.75. The van der Waals surface area contributed by atoms with E-state index < -0.39 is 6.09 Å². The van der Waals surface area contributed by atoms with Gasteiger partial charge in [-0.15, -0.1) is 11.3 Å². The van der Waals surface area contributed by atoms with Crippen LogP contribution in [-0.4, -0.2) is 15.8 Å². The predicted molar refractivity (Wildman–Crippen MR) is 46.0 cm³/mol. The van der Waals surface area contributed by atoms with Gasteiger partial charge < -0.3 is 5.11 Å². The number of nitrogens with zero attached hydrogens (tertiary/aromatic N) is 1. The predicted octanol–water partition coefficient (Wildman–Crippen LogP) is 2.42. The Hall–Kier alpha value is -0.680. The highest BCUT2D eigenvalue weighted by Gasteiger charge is 2.09. The number of carboxylic acid groups (broad SMARTS) is 1. The van der Waals surface area contributed by atoms with Crippen molar-refractivity contribution in [3.63, 3.8) is 0 Å². The minimum Gasteiger partial charge on any atom is -0.464 e. The first kappa shape index (κ1) is 8.42. The Balaban J connectivity index is 3.46. The van der Waals surface area contributed by atoms with Crippen LogP contribution in [0.4, 0.5) is 4.79 Å². The quantitative estimate of drug-likeness (QED) is 0.637. The standard InChI is InChI=1S/C6H7NO2S2/c1-3-4(2)11-6(10)7(3)5(8)9/h1-2H3,(H,8,9). The molecule has 0 aliphatic carbocycles. The lowest BCUT2D eigenvalue weighted by atomic mass is 10.4. The van der Waals surface area contributed by atoms with Gasteiger partial charge in [0.2, 0.25) is 0 Å². The molecule has 0 fully saturated rings. The summed E-state index contributed by atoms with van der Waals surface area (Å²) in [6.45, 7) is 3.60. The molecule has 1 heterocycles. The average molecular weight is 189 g/mol. The fourth-order valence-electron chi connectivity index (χ4n) is 0.766. The van der Waals surface area contributed by atoms with E-state index >= 15 is 0 Å². The van der Waals surface area contributed by atoms with Gasteiger partial charge in [0.25, 0.3) is 0 Å². The Labute approximate surface area is 72.9 Å². The van der Waals surface area contributed by atoms with E-state index in [1.165, 1.54) is 11.3 Å². The van der Waals surface area contributed by atoms with Crippen LogP contribution in [0.5, 0.6) is 0 Å². The maximum Gasteiger partial charge on any atom is 0.417 e. The molecule has 0 atom stereocenters. The van der Waals surface area contributed by atoms with E-state index in [-0.39, 0.29) is 0 Å². The molecule has 1 aromatic heterocycles. The summed E-state index contributed by atoms with van der Waals surface area (Å²) in [5.74, 6) is 0. The number of aromatic nitrogens is 1. The van der Waals surface area contributed by atoms with E-state index in [1.54, 1.807) is 6.92 Å². The molecule has 0 aromatic carbocycles. The van der Waals surface area contributed by atoms with E-state index in [0.717, 1.165) is 9.44 Å². The minimum absolute atomic E-state index is 0.396. The van der Waals surface area contributed by atoms with Gasteiger partial charge in [0.05, 0.1) is 0 Å². The van der Waals surface area contributed by atoms with Crippen molar-refractivity contribution in [1.29, 1.82) is 0 Å². The van der Waals surface area contributed by atoms with Crippen LogP contribution in [-0.2, 0) is 0 Å². The van der Waals surface area contributed by atoms with Crippen LogP contribution in [0.15, 0.2) is 0 Å². The number of aryl methyl sites for hydroxylation is 1. The van der Waals surface area contributed by atoms with Gasteiger partial charge in [-0.2, -0.15) is 0 Å². The Kier molecular flexibility index (Phi) is 2.10. The molecule has 0 saturated heterocycles. The Bertz CT molecular complexity index is 350. The van der Waals surface area contributed by atoms with Crippen molar-refractivity contribution >= 4 is 29.6 Å². The van der Waals surface area contributed by atoms with Gasteiger partial charge in [-0.3, -0.25) is 0 Å². The summed E-state index contributed by atoms with van der Waals surface area (Å²) in [7, 11) is 0. The summed E-state index contributed by atoms with van der Waals surface area (Å²) in [5.41, 5.74) is 0.715. The summed E-state index contributed by atoms with van der Waals surface area (Å²) in [6.07, 6.45) is -1.00. The first-order valence-corrected chi connectivity index (χ1v) is 4.19. The first-order chi connectivity index (χ1) is 5.04. The largest absolute Gasteiger partial charge is 0.464 e. The first-order valence-electron chi connectivity index (χ1n) is 2.96. The topological polar surface area (TPSA) is 42.2 Å².